The fourth-order valence-corrected chi connectivity index (χ4v) is 2.05. The number of carbonyl (C=O) groups excluding carboxylic acids is 1. The Labute approximate surface area is 112 Å². The van der Waals surface area contributed by atoms with Crippen molar-refractivity contribution in [3.05, 3.63) is 29.6 Å². The van der Waals surface area contributed by atoms with Gasteiger partial charge in [-0.1, -0.05) is 6.92 Å². The summed E-state index contributed by atoms with van der Waals surface area (Å²) in [7, 11) is 0. The molecule has 0 spiro atoms. The zero-order chi connectivity index (χ0) is 13.7. The van der Waals surface area contributed by atoms with Crippen molar-refractivity contribution in [2.24, 2.45) is 0 Å². The van der Waals surface area contributed by atoms with Crippen molar-refractivity contribution in [2.45, 2.75) is 13.3 Å². The molecule has 0 saturated carbocycles. The molecule has 1 heterocycles. The summed E-state index contributed by atoms with van der Waals surface area (Å²) in [6.45, 7) is 5.33. The minimum atomic E-state index is -0.415. The Balaban J connectivity index is 2.20. The van der Waals surface area contributed by atoms with E-state index in [0.29, 0.717) is 31.0 Å². The van der Waals surface area contributed by atoms with Crippen LogP contribution in [0.15, 0.2) is 18.2 Å². The number of ether oxygens (including phenoxy) is 1. The van der Waals surface area contributed by atoms with Crippen LogP contribution in [0.25, 0.3) is 0 Å². The first kappa shape index (κ1) is 13.8. The molecule has 1 saturated heterocycles. The van der Waals surface area contributed by atoms with Gasteiger partial charge in [-0.2, -0.15) is 0 Å². The van der Waals surface area contributed by atoms with Crippen molar-refractivity contribution in [3.8, 4) is 5.75 Å². The van der Waals surface area contributed by atoms with Gasteiger partial charge in [0.05, 0.1) is 12.2 Å². The van der Waals surface area contributed by atoms with Gasteiger partial charge in [-0.3, -0.25) is 4.79 Å². The van der Waals surface area contributed by atoms with Gasteiger partial charge in [-0.05, 0) is 24.6 Å². The van der Waals surface area contributed by atoms with E-state index in [1.165, 1.54) is 18.2 Å². The molecule has 1 N–H and O–H groups in total. The van der Waals surface area contributed by atoms with E-state index in [9.17, 15) is 9.18 Å². The van der Waals surface area contributed by atoms with Gasteiger partial charge < -0.3 is 15.0 Å². The standard InChI is InChI=1S/C14H19FN2O2/c1-2-9-19-13-4-3-11(15)10-12(13)14(18)17-7-5-16-6-8-17/h3-4,10,16H,2,5-9H2,1H3. The van der Waals surface area contributed by atoms with Gasteiger partial charge in [-0.25, -0.2) is 4.39 Å². The van der Waals surface area contributed by atoms with Crippen LogP contribution >= 0.6 is 0 Å². The molecule has 104 valence electrons. The smallest absolute Gasteiger partial charge is 0.257 e. The molecule has 0 bridgehead atoms. The SMILES string of the molecule is CCCOc1ccc(F)cc1C(=O)N1CCNCC1. The minimum absolute atomic E-state index is 0.160. The van der Waals surface area contributed by atoms with Crippen molar-refractivity contribution in [1.82, 2.24) is 10.2 Å². The summed E-state index contributed by atoms with van der Waals surface area (Å²) in [5.74, 6) is -0.110. The van der Waals surface area contributed by atoms with Crippen LogP contribution in [0.2, 0.25) is 0 Å². The molecule has 0 unspecified atom stereocenters. The quantitative estimate of drug-likeness (QED) is 0.901. The van der Waals surface area contributed by atoms with E-state index >= 15 is 0 Å². The lowest BCUT2D eigenvalue weighted by Crippen LogP contribution is -2.46. The fourth-order valence-electron chi connectivity index (χ4n) is 2.05. The third-order valence-electron chi connectivity index (χ3n) is 3.04. The van der Waals surface area contributed by atoms with E-state index < -0.39 is 5.82 Å². The fraction of sp³-hybridized carbons (Fsp3) is 0.500. The second kappa shape index (κ2) is 6.52. The predicted molar refractivity (Wildman–Crippen MR) is 71.0 cm³/mol. The third-order valence-corrected chi connectivity index (χ3v) is 3.04. The Morgan fingerprint density at radius 2 is 2.16 bits per heavy atom. The summed E-state index contributed by atoms with van der Waals surface area (Å²) < 4.78 is 18.9. The third kappa shape index (κ3) is 3.44. The number of hydrogen-bond donors (Lipinski definition) is 1. The monoisotopic (exact) mass is 266 g/mol. The number of nitrogens with one attached hydrogen (secondary N) is 1. The summed E-state index contributed by atoms with van der Waals surface area (Å²) in [6, 6.07) is 4.11. The number of amides is 1. The maximum Gasteiger partial charge on any atom is 0.257 e. The Morgan fingerprint density at radius 3 is 2.84 bits per heavy atom. The van der Waals surface area contributed by atoms with Crippen LogP contribution in [0.5, 0.6) is 5.75 Å². The van der Waals surface area contributed by atoms with Crippen LogP contribution in [0.3, 0.4) is 0 Å². The molecule has 5 heteroatoms. The van der Waals surface area contributed by atoms with Crippen LogP contribution in [0.1, 0.15) is 23.7 Å². The molecule has 0 aromatic heterocycles. The van der Waals surface area contributed by atoms with Crippen LogP contribution in [-0.4, -0.2) is 43.6 Å². The van der Waals surface area contributed by atoms with Gasteiger partial charge in [0, 0.05) is 26.2 Å². The first-order valence-electron chi connectivity index (χ1n) is 6.64. The maximum absolute atomic E-state index is 13.4. The summed E-state index contributed by atoms with van der Waals surface area (Å²) in [5, 5.41) is 3.18. The number of piperazine rings is 1. The molecule has 19 heavy (non-hydrogen) atoms. The average Bonchev–Trinajstić information content (AvgIpc) is 2.46. The molecule has 1 aromatic rings. The van der Waals surface area contributed by atoms with Crippen molar-refractivity contribution in [2.75, 3.05) is 32.8 Å². The topological polar surface area (TPSA) is 41.6 Å². The molecule has 1 aliphatic rings. The lowest BCUT2D eigenvalue weighted by molar-refractivity contribution is 0.0731. The highest BCUT2D eigenvalue weighted by molar-refractivity contribution is 5.97. The number of benzene rings is 1. The Morgan fingerprint density at radius 1 is 1.42 bits per heavy atom. The van der Waals surface area contributed by atoms with Crippen LogP contribution < -0.4 is 10.1 Å². The first-order valence-corrected chi connectivity index (χ1v) is 6.64. The van der Waals surface area contributed by atoms with E-state index in [0.717, 1.165) is 19.5 Å². The van der Waals surface area contributed by atoms with E-state index in [4.69, 9.17) is 4.74 Å². The highest BCUT2D eigenvalue weighted by Crippen LogP contribution is 2.22. The van der Waals surface area contributed by atoms with Gasteiger partial charge >= 0.3 is 0 Å². The van der Waals surface area contributed by atoms with Crippen molar-refractivity contribution < 1.29 is 13.9 Å². The number of carbonyl (C=O) groups is 1. The molecule has 0 atom stereocenters. The Bertz CT molecular complexity index is 445. The van der Waals surface area contributed by atoms with Crippen molar-refractivity contribution >= 4 is 5.91 Å². The zero-order valence-corrected chi connectivity index (χ0v) is 11.1. The average molecular weight is 266 g/mol. The summed E-state index contributed by atoms with van der Waals surface area (Å²) >= 11 is 0. The zero-order valence-electron chi connectivity index (χ0n) is 11.1. The largest absolute Gasteiger partial charge is 0.493 e. The van der Waals surface area contributed by atoms with E-state index in [1.807, 2.05) is 6.92 Å². The Hall–Kier alpha value is -1.62. The highest BCUT2D eigenvalue weighted by Gasteiger charge is 2.21. The van der Waals surface area contributed by atoms with Crippen LogP contribution in [0, 0.1) is 5.82 Å². The second-order valence-electron chi connectivity index (χ2n) is 4.53. The van der Waals surface area contributed by atoms with E-state index in [-0.39, 0.29) is 5.91 Å². The molecule has 1 aromatic carbocycles. The lowest BCUT2D eigenvalue weighted by Gasteiger charge is -2.28. The Kier molecular flexibility index (Phi) is 4.74. The van der Waals surface area contributed by atoms with E-state index in [1.54, 1.807) is 4.90 Å². The molecule has 2 rings (SSSR count). The molecule has 1 aliphatic heterocycles. The molecule has 1 amide bonds. The summed E-state index contributed by atoms with van der Waals surface area (Å²) in [6.07, 6.45) is 0.846. The van der Waals surface area contributed by atoms with Gasteiger partial charge in [0.2, 0.25) is 0 Å². The minimum Gasteiger partial charge on any atom is -0.493 e. The van der Waals surface area contributed by atoms with Crippen molar-refractivity contribution in [3.63, 3.8) is 0 Å². The maximum atomic E-state index is 13.4. The van der Waals surface area contributed by atoms with E-state index in [2.05, 4.69) is 5.32 Å². The van der Waals surface area contributed by atoms with Crippen molar-refractivity contribution in [1.29, 1.82) is 0 Å². The predicted octanol–water partition coefficient (Wildman–Crippen LogP) is 1.66. The molecule has 0 radical (unpaired) electrons. The number of halogens is 1. The van der Waals surface area contributed by atoms with Crippen LogP contribution in [-0.2, 0) is 0 Å². The molecule has 4 nitrogen and oxygen atoms in total. The van der Waals surface area contributed by atoms with Crippen LogP contribution in [0.4, 0.5) is 4.39 Å². The summed E-state index contributed by atoms with van der Waals surface area (Å²) in [4.78, 5) is 14.1. The molecular formula is C14H19FN2O2. The lowest BCUT2D eigenvalue weighted by atomic mass is 10.1. The van der Waals surface area contributed by atoms with Gasteiger partial charge in [0.1, 0.15) is 11.6 Å². The summed E-state index contributed by atoms with van der Waals surface area (Å²) in [5.41, 5.74) is 0.315. The first-order chi connectivity index (χ1) is 9.22. The van der Waals surface area contributed by atoms with Gasteiger partial charge in [0.15, 0.2) is 0 Å². The number of hydrogen-bond acceptors (Lipinski definition) is 3. The number of rotatable bonds is 4. The van der Waals surface area contributed by atoms with Gasteiger partial charge in [-0.15, -0.1) is 0 Å². The highest BCUT2D eigenvalue weighted by atomic mass is 19.1. The molecular weight excluding hydrogens is 247 g/mol. The normalized spacial score (nSPS) is 15.4. The second-order valence-corrected chi connectivity index (χ2v) is 4.53. The number of nitrogens with zero attached hydrogens (tertiary/aromatic N) is 1. The van der Waals surface area contributed by atoms with Gasteiger partial charge in [0.25, 0.3) is 5.91 Å². The molecule has 0 aliphatic carbocycles. The molecule has 1 fully saturated rings.